The van der Waals surface area contributed by atoms with Crippen molar-refractivity contribution in [3.8, 4) is 0 Å². The zero-order valence-electron chi connectivity index (χ0n) is 11.6. The maximum Gasteiger partial charge on any atom is 0.133 e. The van der Waals surface area contributed by atoms with Crippen LogP contribution in [0.1, 0.15) is 44.0 Å². The van der Waals surface area contributed by atoms with Gasteiger partial charge in [0.15, 0.2) is 0 Å². The van der Waals surface area contributed by atoms with Crippen molar-refractivity contribution in [3.05, 3.63) is 24.2 Å². The van der Waals surface area contributed by atoms with E-state index >= 15 is 0 Å². The van der Waals surface area contributed by atoms with Crippen molar-refractivity contribution < 1.29 is 9.52 Å². The highest BCUT2D eigenvalue weighted by atomic mass is 16.4. The van der Waals surface area contributed by atoms with Gasteiger partial charge in [0.05, 0.1) is 6.26 Å². The number of fused-ring (bicyclic) bond motifs is 2. The lowest BCUT2D eigenvalue weighted by molar-refractivity contribution is 0.0436. The summed E-state index contributed by atoms with van der Waals surface area (Å²) in [5.41, 5.74) is 0. The van der Waals surface area contributed by atoms with Gasteiger partial charge in [-0.15, -0.1) is 0 Å². The average Bonchev–Trinajstić information content (AvgIpc) is 2.90. The Bertz CT molecular complexity index is 379. The van der Waals surface area contributed by atoms with E-state index in [0.29, 0.717) is 18.3 Å². The number of furan rings is 1. The minimum Gasteiger partial charge on any atom is -0.467 e. The standard InChI is InChI=1S/C15H24N2O2/c1-17-12-4-2-5-13(17)9-11(8-12)16-10-14(18)15-6-3-7-19-15/h3,6-7,11-14,16,18H,2,4-5,8-10H2,1H3. The number of nitrogens with zero attached hydrogens (tertiary/aromatic N) is 1. The highest BCUT2D eigenvalue weighted by Crippen LogP contribution is 2.32. The Labute approximate surface area is 114 Å². The maximum absolute atomic E-state index is 10.0. The van der Waals surface area contributed by atoms with Crippen LogP contribution in [0.5, 0.6) is 0 Å². The Morgan fingerprint density at radius 2 is 2.16 bits per heavy atom. The number of aliphatic hydroxyl groups is 1. The number of rotatable bonds is 4. The summed E-state index contributed by atoms with van der Waals surface area (Å²) < 4.78 is 5.23. The molecule has 3 atom stereocenters. The number of hydrogen-bond donors (Lipinski definition) is 2. The summed E-state index contributed by atoms with van der Waals surface area (Å²) in [5, 5.41) is 13.6. The van der Waals surface area contributed by atoms with E-state index in [2.05, 4.69) is 17.3 Å². The second-order valence-electron chi connectivity index (χ2n) is 6.01. The molecule has 2 fully saturated rings. The van der Waals surface area contributed by atoms with Crippen LogP contribution in [0.2, 0.25) is 0 Å². The van der Waals surface area contributed by atoms with Crippen LogP contribution in [0.25, 0.3) is 0 Å². The van der Waals surface area contributed by atoms with E-state index in [4.69, 9.17) is 4.42 Å². The Hall–Kier alpha value is -0.840. The molecule has 3 unspecified atom stereocenters. The van der Waals surface area contributed by atoms with Crippen molar-refractivity contribution in [3.63, 3.8) is 0 Å². The fraction of sp³-hybridized carbons (Fsp3) is 0.733. The van der Waals surface area contributed by atoms with Gasteiger partial charge in [0.1, 0.15) is 11.9 Å². The number of aliphatic hydroxyl groups excluding tert-OH is 1. The molecule has 3 heterocycles. The molecular formula is C15H24N2O2. The first-order valence-electron chi connectivity index (χ1n) is 7.41. The second-order valence-corrected chi connectivity index (χ2v) is 6.01. The van der Waals surface area contributed by atoms with Crippen molar-refractivity contribution in [1.29, 1.82) is 0 Å². The highest BCUT2D eigenvalue weighted by molar-refractivity contribution is 5.02. The first-order valence-corrected chi connectivity index (χ1v) is 7.41. The number of hydrogen-bond acceptors (Lipinski definition) is 4. The predicted octanol–water partition coefficient (Wildman–Crippen LogP) is 1.92. The van der Waals surface area contributed by atoms with E-state index in [-0.39, 0.29) is 0 Å². The van der Waals surface area contributed by atoms with Crippen LogP contribution in [-0.4, -0.2) is 41.7 Å². The van der Waals surface area contributed by atoms with Gasteiger partial charge in [0, 0.05) is 24.7 Å². The number of piperidine rings is 2. The third-order valence-corrected chi connectivity index (χ3v) is 4.81. The van der Waals surface area contributed by atoms with Crippen molar-refractivity contribution in [2.24, 2.45) is 0 Å². The maximum atomic E-state index is 10.0. The summed E-state index contributed by atoms with van der Waals surface area (Å²) in [5.74, 6) is 0.653. The summed E-state index contributed by atoms with van der Waals surface area (Å²) in [6, 6.07) is 5.64. The molecule has 2 aliphatic heterocycles. The molecule has 4 heteroatoms. The summed E-state index contributed by atoms with van der Waals surface area (Å²) in [7, 11) is 2.27. The monoisotopic (exact) mass is 264 g/mol. The van der Waals surface area contributed by atoms with Gasteiger partial charge in [0.2, 0.25) is 0 Å². The largest absolute Gasteiger partial charge is 0.467 e. The van der Waals surface area contributed by atoms with E-state index in [1.807, 2.05) is 12.1 Å². The van der Waals surface area contributed by atoms with Gasteiger partial charge < -0.3 is 19.7 Å². The predicted molar refractivity (Wildman–Crippen MR) is 73.9 cm³/mol. The van der Waals surface area contributed by atoms with E-state index in [9.17, 15) is 5.11 Å². The van der Waals surface area contributed by atoms with Gasteiger partial charge in [-0.2, -0.15) is 0 Å². The minimum absolute atomic E-state index is 0.533. The molecule has 0 amide bonds. The average molecular weight is 264 g/mol. The van der Waals surface area contributed by atoms with Gasteiger partial charge in [-0.25, -0.2) is 0 Å². The van der Waals surface area contributed by atoms with E-state index in [0.717, 1.165) is 12.1 Å². The molecule has 2 saturated heterocycles. The Kier molecular flexibility index (Phi) is 3.91. The lowest BCUT2D eigenvalue weighted by Crippen LogP contribution is -2.54. The van der Waals surface area contributed by atoms with Crippen molar-refractivity contribution >= 4 is 0 Å². The van der Waals surface area contributed by atoms with E-state index in [1.165, 1.54) is 32.1 Å². The number of nitrogens with one attached hydrogen (secondary N) is 1. The lowest BCUT2D eigenvalue weighted by atomic mass is 9.82. The van der Waals surface area contributed by atoms with E-state index < -0.39 is 6.10 Å². The third kappa shape index (κ3) is 2.86. The molecule has 0 spiro atoms. The zero-order chi connectivity index (χ0) is 13.2. The van der Waals surface area contributed by atoms with Crippen LogP contribution in [0.4, 0.5) is 0 Å². The summed E-state index contributed by atoms with van der Waals surface area (Å²) in [4.78, 5) is 2.56. The topological polar surface area (TPSA) is 48.6 Å². The summed E-state index contributed by atoms with van der Waals surface area (Å²) in [6.07, 6.45) is 7.52. The molecule has 0 saturated carbocycles. The van der Waals surface area contributed by atoms with Crippen LogP contribution < -0.4 is 5.32 Å². The Balaban J connectivity index is 1.51. The lowest BCUT2D eigenvalue weighted by Gasteiger charge is -2.47. The summed E-state index contributed by atoms with van der Waals surface area (Å²) >= 11 is 0. The molecule has 3 rings (SSSR count). The Morgan fingerprint density at radius 3 is 2.79 bits per heavy atom. The molecule has 0 radical (unpaired) electrons. The second kappa shape index (κ2) is 5.65. The highest BCUT2D eigenvalue weighted by Gasteiger charge is 2.35. The van der Waals surface area contributed by atoms with Crippen LogP contribution in [0.3, 0.4) is 0 Å². The van der Waals surface area contributed by atoms with Crippen molar-refractivity contribution in [1.82, 2.24) is 10.2 Å². The molecular weight excluding hydrogens is 240 g/mol. The molecule has 106 valence electrons. The molecule has 2 N–H and O–H groups in total. The van der Waals surface area contributed by atoms with Gasteiger partial charge in [-0.1, -0.05) is 6.42 Å². The SMILES string of the molecule is CN1C2CCCC1CC(NCC(O)c1ccco1)C2. The van der Waals surface area contributed by atoms with Gasteiger partial charge in [-0.3, -0.25) is 0 Å². The van der Waals surface area contributed by atoms with Crippen molar-refractivity contribution in [2.45, 2.75) is 56.3 Å². The quantitative estimate of drug-likeness (QED) is 0.872. The smallest absolute Gasteiger partial charge is 0.133 e. The molecule has 2 bridgehead atoms. The molecule has 0 aromatic carbocycles. The molecule has 0 aliphatic carbocycles. The first kappa shape index (κ1) is 13.2. The molecule has 2 aliphatic rings. The van der Waals surface area contributed by atoms with Crippen LogP contribution in [0.15, 0.2) is 22.8 Å². The first-order chi connectivity index (χ1) is 9.24. The fourth-order valence-corrected chi connectivity index (χ4v) is 3.64. The van der Waals surface area contributed by atoms with Crippen LogP contribution in [-0.2, 0) is 0 Å². The van der Waals surface area contributed by atoms with E-state index in [1.54, 1.807) is 6.26 Å². The fourth-order valence-electron chi connectivity index (χ4n) is 3.64. The third-order valence-electron chi connectivity index (χ3n) is 4.81. The molecule has 4 nitrogen and oxygen atoms in total. The zero-order valence-corrected chi connectivity index (χ0v) is 11.6. The van der Waals surface area contributed by atoms with Gasteiger partial charge in [0.25, 0.3) is 0 Å². The molecule has 19 heavy (non-hydrogen) atoms. The summed E-state index contributed by atoms with van der Waals surface area (Å²) in [6.45, 7) is 0.585. The normalized spacial score (nSPS) is 33.3. The molecule has 1 aromatic heterocycles. The van der Waals surface area contributed by atoms with Gasteiger partial charge in [-0.05, 0) is 44.9 Å². The van der Waals surface area contributed by atoms with Crippen molar-refractivity contribution in [2.75, 3.05) is 13.6 Å². The van der Waals surface area contributed by atoms with Crippen LogP contribution in [0, 0.1) is 0 Å². The van der Waals surface area contributed by atoms with Crippen LogP contribution >= 0.6 is 0 Å². The van der Waals surface area contributed by atoms with Gasteiger partial charge >= 0.3 is 0 Å². The molecule has 1 aromatic rings. The minimum atomic E-state index is -0.533. The Morgan fingerprint density at radius 1 is 1.42 bits per heavy atom.